The van der Waals surface area contributed by atoms with E-state index in [0.29, 0.717) is 18.9 Å². The van der Waals surface area contributed by atoms with Gasteiger partial charge >= 0.3 is 0 Å². The maximum absolute atomic E-state index is 12.4. The van der Waals surface area contributed by atoms with E-state index in [1.807, 2.05) is 24.3 Å². The molecule has 18 heavy (non-hydrogen) atoms. The summed E-state index contributed by atoms with van der Waals surface area (Å²) in [7, 11) is -3.18. The molecule has 0 amide bonds. The third-order valence-electron chi connectivity index (χ3n) is 3.73. The number of hydrogen-bond donors (Lipinski definition) is 1. The minimum absolute atomic E-state index is 0.0476. The average Bonchev–Trinajstić information content (AvgIpc) is 3.12. The number of nitrogens with zero attached hydrogens (tertiary/aromatic N) is 1. The SMILES string of the molecule is NC1CCN(S(=O)(=O)CC2CC2)c2ccccc21. The average molecular weight is 266 g/mol. The van der Waals surface area contributed by atoms with E-state index in [0.717, 1.165) is 24.1 Å². The van der Waals surface area contributed by atoms with E-state index in [2.05, 4.69) is 0 Å². The molecule has 3 rings (SSSR count). The largest absolute Gasteiger partial charge is 0.324 e. The molecule has 1 unspecified atom stereocenters. The van der Waals surface area contributed by atoms with Crippen molar-refractivity contribution in [1.82, 2.24) is 0 Å². The molecular weight excluding hydrogens is 248 g/mol. The van der Waals surface area contributed by atoms with Crippen molar-refractivity contribution in [2.75, 3.05) is 16.6 Å². The third kappa shape index (κ3) is 2.12. The van der Waals surface area contributed by atoms with Crippen LogP contribution in [0.1, 0.15) is 30.9 Å². The Labute approximate surface area is 108 Å². The van der Waals surface area contributed by atoms with Gasteiger partial charge in [0, 0.05) is 12.6 Å². The second-order valence-corrected chi connectivity index (χ2v) is 7.19. The van der Waals surface area contributed by atoms with E-state index < -0.39 is 10.0 Å². The van der Waals surface area contributed by atoms with Gasteiger partial charge in [0.15, 0.2) is 0 Å². The number of para-hydroxylation sites is 1. The maximum atomic E-state index is 12.4. The monoisotopic (exact) mass is 266 g/mol. The molecule has 5 heteroatoms. The molecule has 1 fully saturated rings. The second kappa shape index (κ2) is 4.24. The van der Waals surface area contributed by atoms with Crippen molar-refractivity contribution < 1.29 is 8.42 Å². The van der Waals surface area contributed by atoms with Crippen molar-refractivity contribution in [2.45, 2.75) is 25.3 Å². The standard InChI is InChI=1S/C13H18N2O2S/c14-12-7-8-15(13-4-2-1-3-11(12)13)18(16,17)9-10-5-6-10/h1-4,10,12H,5-9,14H2. The van der Waals surface area contributed by atoms with Crippen LogP contribution >= 0.6 is 0 Å². The van der Waals surface area contributed by atoms with E-state index in [4.69, 9.17) is 5.73 Å². The van der Waals surface area contributed by atoms with Crippen LogP contribution in [0, 0.1) is 5.92 Å². The van der Waals surface area contributed by atoms with Crippen molar-refractivity contribution in [2.24, 2.45) is 11.7 Å². The molecule has 2 N–H and O–H groups in total. The van der Waals surface area contributed by atoms with Crippen LogP contribution in [0.2, 0.25) is 0 Å². The van der Waals surface area contributed by atoms with Crippen LogP contribution in [-0.4, -0.2) is 20.7 Å². The van der Waals surface area contributed by atoms with Gasteiger partial charge in [-0.2, -0.15) is 0 Å². The third-order valence-corrected chi connectivity index (χ3v) is 5.67. The highest BCUT2D eigenvalue weighted by Crippen LogP contribution is 2.37. The summed E-state index contributed by atoms with van der Waals surface area (Å²) >= 11 is 0. The number of anilines is 1. The molecule has 0 saturated heterocycles. The molecule has 1 aliphatic heterocycles. The van der Waals surface area contributed by atoms with Gasteiger partial charge in [0.05, 0.1) is 11.4 Å². The molecule has 0 spiro atoms. The summed E-state index contributed by atoms with van der Waals surface area (Å²) in [6.07, 6.45) is 2.80. The summed E-state index contributed by atoms with van der Waals surface area (Å²) in [5.41, 5.74) is 7.77. The Kier molecular flexibility index (Phi) is 2.83. The van der Waals surface area contributed by atoms with Crippen LogP contribution in [0.3, 0.4) is 0 Å². The zero-order valence-corrected chi connectivity index (χ0v) is 11.1. The van der Waals surface area contributed by atoms with Crippen LogP contribution in [0.5, 0.6) is 0 Å². The normalized spacial score (nSPS) is 23.8. The van der Waals surface area contributed by atoms with E-state index in [9.17, 15) is 8.42 Å². The molecule has 4 nitrogen and oxygen atoms in total. The predicted molar refractivity (Wildman–Crippen MR) is 71.8 cm³/mol. The minimum Gasteiger partial charge on any atom is -0.324 e. The fourth-order valence-electron chi connectivity index (χ4n) is 2.52. The van der Waals surface area contributed by atoms with Gasteiger partial charge in [-0.25, -0.2) is 8.42 Å². The molecule has 0 aromatic heterocycles. The van der Waals surface area contributed by atoms with Gasteiger partial charge in [0.1, 0.15) is 0 Å². The second-order valence-electron chi connectivity index (χ2n) is 5.25. The lowest BCUT2D eigenvalue weighted by atomic mass is 9.99. The summed E-state index contributed by atoms with van der Waals surface area (Å²) in [6.45, 7) is 0.507. The Bertz CT molecular complexity index is 552. The van der Waals surface area contributed by atoms with Gasteiger partial charge in [0.2, 0.25) is 10.0 Å². The first kappa shape index (κ1) is 12.0. The Morgan fingerprint density at radius 2 is 1.94 bits per heavy atom. The Hall–Kier alpha value is -1.07. The molecule has 0 bridgehead atoms. The molecule has 1 heterocycles. The van der Waals surface area contributed by atoms with Crippen molar-refractivity contribution in [3.63, 3.8) is 0 Å². The Balaban J connectivity index is 1.96. The van der Waals surface area contributed by atoms with E-state index in [-0.39, 0.29) is 11.8 Å². The number of nitrogens with two attached hydrogens (primary N) is 1. The summed E-state index contributed by atoms with van der Waals surface area (Å²) in [6, 6.07) is 7.53. The van der Waals surface area contributed by atoms with Crippen LogP contribution < -0.4 is 10.0 Å². The topological polar surface area (TPSA) is 63.4 Å². The molecule has 0 radical (unpaired) electrons. The van der Waals surface area contributed by atoms with Crippen molar-refractivity contribution in [3.8, 4) is 0 Å². The molecule has 98 valence electrons. The number of rotatable bonds is 3. The zero-order valence-electron chi connectivity index (χ0n) is 10.2. The Morgan fingerprint density at radius 3 is 2.67 bits per heavy atom. The van der Waals surface area contributed by atoms with Gasteiger partial charge < -0.3 is 5.73 Å². The molecule has 1 atom stereocenters. The molecule has 2 aliphatic rings. The van der Waals surface area contributed by atoms with Gasteiger partial charge in [-0.1, -0.05) is 18.2 Å². The number of sulfonamides is 1. The zero-order chi connectivity index (χ0) is 12.8. The lowest BCUT2D eigenvalue weighted by molar-refractivity contribution is 0.571. The first-order valence-electron chi connectivity index (χ1n) is 6.43. The Morgan fingerprint density at radius 1 is 1.22 bits per heavy atom. The summed E-state index contributed by atoms with van der Waals surface area (Å²) < 4.78 is 26.3. The van der Waals surface area contributed by atoms with Crippen LogP contribution in [0.4, 0.5) is 5.69 Å². The molecule has 1 aliphatic carbocycles. The van der Waals surface area contributed by atoms with E-state index >= 15 is 0 Å². The highest BCUT2D eigenvalue weighted by Gasteiger charge is 2.35. The quantitative estimate of drug-likeness (QED) is 0.904. The first-order chi connectivity index (χ1) is 8.58. The van der Waals surface area contributed by atoms with Gasteiger partial charge in [-0.15, -0.1) is 0 Å². The van der Waals surface area contributed by atoms with Crippen molar-refractivity contribution in [3.05, 3.63) is 29.8 Å². The summed E-state index contributed by atoms with van der Waals surface area (Å²) in [4.78, 5) is 0. The molecule has 1 aromatic carbocycles. The van der Waals surface area contributed by atoms with Crippen LogP contribution in [0.15, 0.2) is 24.3 Å². The molecule has 1 saturated carbocycles. The smallest absolute Gasteiger partial charge is 0.235 e. The van der Waals surface area contributed by atoms with Crippen LogP contribution in [-0.2, 0) is 10.0 Å². The lowest BCUT2D eigenvalue weighted by Gasteiger charge is -2.33. The lowest BCUT2D eigenvalue weighted by Crippen LogP contribution is -2.39. The van der Waals surface area contributed by atoms with Gasteiger partial charge in [-0.05, 0) is 36.8 Å². The van der Waals surface area contributed by atoms with Crippen molar-refractivity contribution >= 4 is 15.7 Å². The minimum atomic E-state index is -3.18. The summed E-state index contributed by atoms with van der Waals surface area (Å²) in [5.74, 6) is 0.661. The number of fused-ring (bicyclic) bond motifs is 1. The summed E-state index contributed by atoms with van der Waals surface area (Å²) in [5, 5.41) is 0. The predicted octanol–water partition coefficient (Wildman–Crippen LogP) is 1.64. The fourth-order valence-corrected chi connectivity index (χ4v) is 4.48. The maximum Gasteiger partial charge on any atom is 0.235 e. The molecule has 1 aromatic rings. The van der Waals surface area contributed by atoms with Crippen molar-refractivity contribution in [1.29, 1.82) is 0 Å². The first-order valence-corrected chi connectivity index (χ1v) is 8.04. The highest BCUT2D eigenvalue weighted by atomic mass is 32.2. The van der Waals surface area contributed by atoms with E-state index in [1.54, 1.807) is 4.31 Å². The van der Waals surface area contributed by atoms with Gasteiger partial charge in [-0.3, -0.25) is 4.31 Å². The molecular formula is C13H18N2O2S. The number of hydrogen-bond acceptors (Lipinski definition) is 3. The fraction of sp³-hybridized carbons (Fsp3) is 0.538. The van der Waals surface area contributed by atoms with E-state index in [1.165, 1.54) is 0 Å². The number of benzene rings is 1. The van der Waals surface area contributed by atoms with Gasteiger partial charge in [0.25, 0.3) is 0 Å². The highest BCUT2D eigenvalue weighted by molar-refractivity contribution is 7.92. The van der Waals surface area contributed by atoms with Crippen LogP contribution in [0.25, 0.3) is 0 Å².